The lowest BCUT2D eigenvalue weighted by Crippen LogP contribution is -2.47. The highest BCUT2D eigenvalue weighted by atomic mass is 19.4. The maximum Gasteiger partial charge on any atom is 0.416 e. The standard InChI is InChI=1S/C26H29F3N6O3/c27-26(28,29)19-7-5-17(6-8-19)13-22(34-23(36)15-24(37)35(11-9-30)12-10-31)25(38)33-20-14-18-3-1-2-4-21(18)32-16-20/h1-8,14,16,22H,9-13,15,30-31H2,(H,33,38)(H,34,36)/t22-/m0/s1. The van der Waals surface area contributed by atoms with E-state index in [9.17, 15) is 27.6 Å². The lowest BCUT2D eigenvalue weighted by molar-refractivity contribution is -0.138. The number of rotatable bonds is 11. The summed E-state index contributed by atoms with van der Waals surface area (Å²) in [4.78, 5) is 44.1. The number of para-hydroxylation sites is 1. The van der Waals surface area contributed by atoms with E-state index in [1.54, 1.807) is 6.07 Å². The Balaban J connectivity index is 1.78. The summed E-state index contributed by atoms with van der Waals surface area (Å²) in [6.45, 7) is 0.805. The summed E-state index contributed by atoms with van der Waals surface area (Å²) in [5, 5.41) is 6.00. The number of hydrogen-bond donors (Lipinski definition) is 4. The number of amides is 3. The van der Waals surface area contributed by atoms with Crippen LogP contribution in [0.2, 0.25) is 0 Å². The predicted molar refractivity (Wildman–Crippen MR) is 137 cm³/mol. The van der Waals surface area contributed by atoms with Crippen molar-refractivity contribution in [1.82, 2.24) is 15.2 Å². The minimum atomic E-state index is -4.51. The topological polar surface area (TPSA) is 143 Å². The smallest absolute Gasteiger partial charge is 0.344 e. The first-order valence-electron chi connectivity index (χ1n) is 11.9. The number of pyridine rings is 1. The second-order valence-electron chi connectivity index (χ2n) is 8.56. The average molecular weight is 531 g/mol. The van der Waals surface area contributed by atoms with Gasteiger partial charge in [0, 0.05) is 38.0 Å². The van der Waals surface area contributed by atoms with E-state index in [-0.39, 0.29) is 32.6 Å². The summed E-state index contributed by atoms with van der Waals surface area (Å²) < 4.78 is 38.9. The second kappa shape index (κ2) is 13.0. The van der Waals surface area contributed by atoms with Gasteiger partial charge in [0.1, 0.15) is 12.5 Å². The third kappa shape index (κ3) is 7.98. The Morgan fingerprint density at radius 3 is 2.26 bits per heavy atom. The van der Waals surface area contributed by atoms with Gasteiger partial charge < -0.3 is 27.0 Å². The van der Waals surface area contributed by atoms with Crippen molar-refractivity contribution in [1.29, 1.82) is 0 Å². The molecule has 2 aromatic carbocycles. The Morgan fingerprint density at radius 2 is 1.63 bits per heavy atom. The summed E-state index contributed by atoms with van der Waals surface area (Å²) in [6, 6.07) is 12.1. The van der Waals surface area contributed by atoms with E-state index in [4.69, 9.17) is 11.5 Å². The van der Waals surface area contributed by atoms with Crippen LogP contribution in [0.15, 0.2) is 60.8 Å². The van der Waals surface area contributed by atoms with E-state index in [2.05, 4.69) is 15.6 Å². The Kier molecular flexibility index (Phi) is 9.74. The van der Waals surface area contributed by atoms with E-state index in [1.807, 2.05) is 24.3 Å². The zero-order valence-electron chi connectivity index (χ0n) is 20.5. The number of aromatic nitrogens is 1. The fraction of sp³-hybridized carbons (Fsp3) is 0.308. The van der Waals surface area contributed by atoms with Gasteiger partial charge in [0.05, 0.1) is 23.0 Å². The van der Waals surface area contributed by atoms with Gasteiger partial charge in [-0.25, -0.2) is 0 Å². The SMILES string of the molecule is NCCN(CCN)C(=O)CC(=O)N[C@@H](Cc1ccc(C(F)(F)F)cc1)C(=O)Nc1cnc2ccccc2c1. The first-order valence-corrected chi connectivity index (χ1v) is 11.9. The van der Waals surface area contributed by atoms with Gasteiger partial charge in [-0.3, -0.25) is 19.4 Å². The van der Waals surface area contributed by atoms with Gasteiger partial charge >= 0.3 is 6.18 Å². The van der Waals surface area contributed by atoms with Crippen molar-refractivity contribution in [2.24, 2.45) is 11.5 Å². The van der Waals surface area contributed by atoms with Gasteiger partial charge in [0.25, 0.3) is 0 Å². The molecule has 0 radical (unpaired) electrons. The molecular formula is C26H29F3N6O3. The molecule has 3 aromatic rings. The molecule has 9 nitrogen and oxygen atoms in total. The molecular weight excluding hydrogens is 501 g/mol. The molecule has 1 aromatic heterocycles. The molecule has 3 amide bonds. The molecule has 38 heavy (non-hydrogen) atoms. The molecule has 12 heteroatoms. The Bertz CT molecular complexity index is 1260. The molecule has 0 fully saturated rings. The molecule has 1 heterocycles. The molecule has 0 saturated heterocycles. The zero-order chi connectivity index (χ0) is 27.7. The molecule has 3 rings (SSSR count). The van der Waals surface area contributed by atoms with Crippen LogP contribution >= 0.6 is 0 Å². The van der Waals surface area contributed by atoms with Gasteiger partial charge in [-0.1, -0.05) is 30.3 Å². The fourth-order valence-corrected chi connectivity index (χ4v) is 3.81. The molecule has 0 unspecified atom stereocenters. The van der Waals surface area contributed by atoms with Crippen molar-refractivity contribution in [3.8, 4) is 0 Å². The Labute approximate surface area is 217 Å². The predicted octanol–water partition coefficient (Wildman–Crippen LogP) is 2.06. The molecule has 6 N–H and O–H groups in total. The normalized spacial score (nSPS) is 12.1. The summed E-state index contributed by atoms with van der Waals surface area (Å²) in [5.74, 6) is -1.85. The van der Waals surface area contributed by atoms with Crippen molar-refractivity contribution < 1.29 is 27.6 Å². The highest BCUT2D eigenvalue weighted by molar-refractivity contribution is 6.02. The van der Waals surface area contributed by atoms with Gasteiger partial charge in [-0.2, -0.15) is 13.2 Å². The molecule has 0 aliphatic carbocycles. The maximum atomic E-state index is 13.2. The summed E-state index contributed by atoms with van der Waals surface area (Å²) in [6.07, 6.45) is -3.71. The number of hydrogen-bond acceptors (Lipinski definition) is 6. The number of fused-ring (bicyclic) bond motifs is 1. The van der Waals surface area contributed by atoms with Crippen molar-refractivity contribution in [3.63, 3.8) is 0 Å². The fourth-order valence-electron chi connectivity index (χ4n) is 3.81. The van der Waals surface area contributed by atoms with E-state index in [1.165, 1.54) is 23.2 Å². The summed E-state index contributed by atoms with van der Waals surface area (Å²) in [7, 11) is 0. The zero-order valence-corrected chi connectivity index (χ0v) is 20.5. The van der Waals surface area contributed by atoms with Crippen LogP contribution in [0.5, 0.6) is 0 Å². The number of nitrogens with zero attached hydrogens (tertiary/aromatic N) is 2. The molecule has 0 saturated carbocycles. The van der Waals surface area contributed by atoms with Crippen LogP contribution in [0.25, 0.3) is 10.9 Å². The number of carbonyl (C=O) groups excluding carboxylic acids is 3. The third-order valence-corrected chi connectivity index (χ3v) is 5.69. The molecule has 0 bridgehead atoms. The van der Waals surface area contributed by atoms with Crippen molar-refractivity contribution in [2.75, 3.05) is 31.5 Å². The van der Waals surface area contributed by atoms with Crippen molar-refractivity contribution in [3.05, 3.63) is 71.9 Å². The number of nitrogens with one attached hydrogen (secondary N) is 2. The minimum Gasteiger partial charge on any atom is -0.344 e. The average Bonchev–Trinajstić information content (AvgIpc) is 2.87. The monoisotopic (exact) mass is 530 g/mol. The van der Waals surface area contributed by atoms with Crippen LogP contribution < -0.4 is 22.1 Å². The lowest BCUT2D eigenvalue weighted by Gasteiger charge is -2.22. The van der Waals surface area contributed by atoms with Gasteiger partial charge in [-0.05, 0) is 29.8 Å². The van der Waals surface area contributed by atoms with Crippen LogP contribution in [-0.4, -0.2) is 59.8 Å². The van der Waals surface area contributed by atoms with Gasteiger partial charge in [0.2, 0.25) is 17.7 Å². The highest BCUT2D eigenvalue weighted by Gasteiger charge is 2.30. The second-order valence-corrected chi connectivity index (χ2v) is 8.56. The van der Waals surface area contributed by atoms with Crippen LogP contribution in [0, 0.1) is 0 Å². The largest absolute Gasteiger partial charge is 0.416 e. The lowest BCUT2D eigenvalue weighted by atomic mass is 10.0. The molecule has 0 aliphatic rings. The van der Waals surface area contributed by atoms with Crippen molar-refractivity contribution >= 4 is 34.3 Å². The number of carbonyl (C=O) groups is 3. The minimum absolute atomic E-state index is 0.111. The van der Waals surface area contributed by atoms with E-state index < -0.39 is 41.9 Å². The van der Waals surface area contributed by atoms with Gasteiger partial charge in [-0.15, -0.1) is 0 Å². The van der Waals surface area contributed by atoms with Crippen LogP contribution in [0.4, 0.5) is 18.9 Å². The summed E-state index contributed by atoms with van der Waals surface area (Å²) >= 11 is 0. The molecule has 1 atom stereocenters. The molecule has 0 spiro atoms. The first kappa shape index (κ1) is 28.5. The number of benzene rings is 2. The molecule has 202 valence electrons. The first-order chi connectivity index (χ1) is 18.1. The highest BCUT2D eigenvalue weighted by Crippen LogP contribution is 2.29. The van der Waals surface area contributed by atoms with Crippen LogP contribution in [-0.2, 0) is 27.0 Å². The number of anilines is 1. The van der Waals surface area contributed by atoms with Crippen molar-refractivity contribution in [2.45, 2.75) is 25.1 Å². The van der Waals surface area contributed by atoms with E-state index in [0.717, 1.165) is 23.0 Å². The summed E-state index contributed by atoms with van der Waals surface area (Å²) in [5.41, 5.74) is 11.7. The number of halogens is 3. The number of nitrogens with two attached hydrogens (primary N) is 2. The van der Waals surface area contributed by atoms with Crippen LogP contribution in [0.3, 0.4) is 0 Å². The number of alkyl halides is 3. The maximum absolute atomic E-state index is 13.2. The quantitative estimate of drug-likeness (QED) is 0.280. The third-order valence-electron chi connectivity index (χ3n) is 5.69. The van der Waals surface area contributed by atoms with Gasteiger partial charge in [0.15, 0.2) is 0 Å². The Hall–Kier alpha value is -4.03. The van der Waals surface area contributed by atoms with E-state index >= 15 is 0 Å². The Morgan fingerprint density at radius 1 is 0.974 bits per heavy atom. The molecule has 0 aliphatic heterocycles. The van der Waals surface area contributed by atoms with Crippen LogP contribution in [0.1, 0.15) is 17.5 Å². The van der Waals surface area contributed by atoms with E-state index in [0.29, 0.717) is 11.3 Å².